The number of carbonyl (C=O) groups is 3. The van der Waals surface area contributed by atoms with E-state index in [1.165, 1.54) is 4.90 Å². The second kappa shape index (κ2) is 7.81. The van der Waals surface area contributed by atoms with Gasteiger partial charge in [-0.25, -0.2) is 0 Å². The Balaban J connectivity index is 1.66. The summed E-state index contributed by atoms with van der Waals surface area (Å²) in [5, 5.41) is 9.93. The number of cyclic esters (lactones) is 1. The van der Waals surface area contributed by atoms with E-state index in [-0.39, 0.29) is 25.0 Å². The lowest BCUT2D eigenvalue weighted by Gasteiger charge is -2.37. The van der Waals surface area contributed by atoms with Crippen LogP contribution in [0.15, 0.2) is 42.5 Å². The number of carbonyl (C=O) groups excluding carboxylic acids is 3. The maximum Gasteiger partial charge on any atom is 0.313 e. The average Bonchev–Trinajstić information content (AvgIpc) is 3.10. The maximum absolute atomic E-state index is 14.2. The summed E-state index contributed by atoms with van der Waals surface area (Å²) in [5.41, 5.74) is 1.39. The number of rotatable bonds is 3. The lowest BCUT2D eigenvalue weighted by atomic mass is 9.78. The Morgan fingerprint density at radius 2 is 1.97 bits per heavy atom. The van der Waals surface area contributed by atoms with Crippen molar-refractivity contribution in [3.8, 4) is 0 Å². The third kappa shape index (κ3) is 3.08. The van der Waals surface area contributed by atoms with Gasteiger partial charge < -0.3 is 24.4 Å². The Bertz CT molecular complexity index is 1080. The topological polar surface area (TPSA) is 96.4 Å². The van der Waals surface area contributed by atoms with Gasteiger partial charge in [-0.15, -0.1) is 0 Å². The molecule has 2 amide bonds. The van der Waals surface area contributed by atoms with E-state index in [9.17, 15) is 19.5 Å². The Morgan fingerprint density at radius 1 is 1.18 bits per heavy atom. The summed E-state index contributed by atoms with van der Waals surface area (Å²) < 4.78 is 11.8. The molecule has 0 radical (unpaired) electrons. The summed E-state index contributed by atoms with van der Waals surface area (Å²) in [7, 11) is 0. The van der Waals surface area contributed by atoms with Crippen LogP contribution in [0, 0.1) is 25.7 Å². The summed E-state index contributed by atoms with van der Waals surface area (Å²) in [6.45, 7) is 5.71. The number of aliphatic hydroxyl groups is 1. The van der Waals surface area contributed by atoms with Crippen molar-refractivity contribution >= 4 is 23.5 Å². The first-order valence-corrected chi connectivity index (χ1v) is 11.3. The molecule has 8 nitrogen and oxygen atoms in total. The quantitative estimate of drug-likeness (QED) is 0.548. The van der Waals surface area contributed by atoms with Gasteiger partial charge in [0.25, 0.3) is 5.91 Å². The minimum absolute atomic E-state index is 0.123. The fourth-order valence-electron chi connectivity index (χ4n) is 5.70. The van der Waals surface area contributed by atoms with Crippen molar-refractivity contribution in [1.29, 1.82) is 0 Å². The van der Waals surface area contributed by atoms with Crippen LogP contribution < -0.4 is 4.90 Å². The van der Waals surface area contributed by atoms with E-state index in [2.05, 4.69) is 0 Å². The molecule has 5 rings (SSSR count). The molecule has 2 fully saturated rings. The number of likely N-dealkylation sites (tertiary alicyclic amines) is 1. The third-order valence-corrected chi connectivity index (χ3v) is 7.25. The molecule has 4 heterocycles. The molecule has 33 heavy (non-hydrogen) atoms. The van der Waals surface area contributed by atoms with Crippen LogP contribution in [-0.2, 0) is 23.9 Å². The minimum atomic E-state index is -1.32. The van der Waals surface area contributed by atoms with Gasteiger partial charge in [-0.3, -0.25) is 14.4 Å². The van der Waals surface area contributed by atoms with Gasteiger partial charge in [-0.2, -0.15) is 0 Å². The third-order valence-electron chi connectivity index (χ3n) is 7.25. The summed E-state index contributed by atoms with van der Waals surface area (Å²) in [6, 6.07) is 4.26. The van der Waals surface area contributed by atoms with Gasteiger partial charge in [-0.1, -0.05) is 30.4 Å². The van der Waals surface area contributed by atoms with Crippen molar-refractivity contribution in [2.24, 2.45) is 11.8 Å². The Morgan fingerprint density at radius 3 is 2.73 bits per heavy atom. The number of aliphatic hydroxyl groups excluding tert-OH is 1. The predicted octanol–water partition coefficient (Wildman–Crippen LogP) is 1.28. The normalized spacial score (nSPS) is 33.9. The number of amides is 2. The molecule has 0 bridgehead atoms. The van der Waals surface area contributed by atoms with E-state index in [4.69, 9.17) is 9.47 Å². The van der Waals surface area contributed by atoms with E-state index in [0.29, 0.717) is 6.54 Å². The number of nitrogens with zero attached hydrogens (tertiary/aromatic N) is 2. The molecule has 1 aromatic carbocycles. The highest BCUT2D eigenvalue weighted by Crippen LogP contribution is 2.54. The minimum Gasteiger partial charge on any atom is -0.461 e. The van der Waals surface area contributed by atoms with Crippen LogP contribution >= 0.6 is 0 Å². The summed E-state index contributed by atoms with van der Waals surface area (Å²) in [4.78, 5) is 43.9. The van der Waals surface area contributed by atoms with Gasteiger partial charge >= 0.3 is 5.97 Å². The van der Waals surface area contributed by atoms with Gasteiger partial charge in [0.05, 0.1) is 24.7 Å². The smallest absolute Gasteiger partial charge is 0.313 e. The molecule has 8 heteroatoms. The van der Waals surface area contributed by atoms with Crippen LogP contribution in [-0.4, -0.2) is 71.3 Å². The van der Waals surface area contributed by atoms with E-state index in [1.807, 2.05) is 38.1 Å². The van der Waals surface area contributed by atoms with Crippen LogP contribution in [0.4, 0.5) is 5.69 Å². The number of benzene rings is 1. The lowest BCUT2D eigenvalue weighted by molar-refractivity contribution is -0.153. The van der Waals surface area contributed by atoms with Crippen molar-refractivity contribution in [2.45, 2.75) is 44.6 Å². The molecule has 174 valence electrons. The first kappa shape index (κ1) is 21.9. The van der Waals surface area contributed by atoms with E-state index < -0.39 is 41.6 Å². The molecule has 6 atom stereocenters. The Kier molecular flexibility index (Phi) is 5.17. The lowest BCUT2D eigenvalue weighted by Crippen LogP contribution is -2.57. The van der Waals surface area contributed by atoms with Crippen LogP contribution in [0.2, 0.25) is 0 Å². The number of anilines is 1. The molecule has 1 aromatic rings. The number of esters is 1. The largest absolute Gasteiger partial charge is 0.461 e. The second-order valence-electron chi connectivity index (χ2n) is 9.32. The molecule has 0 aromatic heterocycles. The molecule has 4 aliphatic heterocycles. The molecular weight excluding hydrogens is 424 g/mol. The van der Waals surface area contributed by atoms with Crippen molar-refractivity contribution in [1.82, 2.24) is 4.90 Å². The first-order chi connectivity index (χ1) is 15.8. The van der Waals surface area contributed by atoms with Crippen molar-refractivity contribution in [3.05, 3.63) is 53.6 Å². The summed E-state index contributed by atoms with van der Waals surface area (Å²) in [5.74, 6) is -2.93. The fraction of sp³-hybridized carbons (Fsp3) is 0.480. The van der Waals surface area contributed by atoms with Crippen molar-refractivity contribution < 1.29 is 29.0 Å². The summed E-state index contributed by atoms with van der Waals surface area (Å²) >= 11 is 0. The highest BCUT2D eigenvalue weighted by molar-refractivity contribution is 6.06. The number of hydrogen-bond acceptors (Lipinski definition) is 6. The Hall–Kier alpha value is -2.97. The average molecular weight is 453 g/mol. The van der Waals surface area contributed by atoms with Gasteiger partial charge in [-0.05, 0) is 44.0 Å². The van der Waals surface area contributed by atoms with Crippen LogP contribution in [0.5, 0.6) is 0 Å². The van der Waals surface area contributed by atoms with Gasteiger partial charge in [0.1, 0.15) is 24.2 Å². The zero-order valence-corrected chi connectivity index (χ0v) is 18.9. The molecule has 0 aliphatic carbocycles. The standard InChI is InChI=1S/C25H28N2O6/c1-14-7-8-15(2)17(12-14)26-10-5-9-25-20(19-18(33-25)6-4-11-32-24(19)31)22(29)27(16(3)13-28)21(25)23(26)30/h4-9,12,16,18-21,28H,10-11,13H2,1-3H3/t16-,18+,19-,20+,21?,25+/m1/s1. The number of aryl methyl sites for hydroxylation is 2. The zero-order valence-electron chi connectivity index (χ0n) is 18.9. The molecule has 1 unspecified atom stereocenters. The molecule has 2 saturated heterocycles. The van der Waals surface area contributed by atoms with E-state index in [0.717, 1.165) is 16.8 Å². The van der Waals surface area contributed by atoms with Crippen LogP contribution in [0.25, 0.3) is 0 Å². The number of hydrogen-bond donors (Lipinski definition) is 1. The molecular formula is C25H28N2O6. The van der Waals surface area contributed by atoms with Crippen molar-refractivity contribution in [2.75, 3.05) is 24.7 Å². The molecule has 4 aliphatic rings. The van der Waals surface area contributed by atoms with Gasteiger partial charge in [0.2, 0.25) is 5.91 Å². The molecule has 1 N–H and O–H groups in total. The van der Waals surface area contributed by atoms with E-state index in [1.54, 1.807) is 30.1 Å². The number of fused-ring (bicyclic) bond motifs is 2. The Labute approximate surface area is 192 Å². The highest BCUT2D eigenvalue weighted by atomic mass is 16.6. The summed E-state index contributed by atoms with van der Waals surface area (Å²) in [6.07, 6.45) is 6.42. The van der Waals surface area contributed by atoms with Gasteiger partial charge in [0.15, 0.2) is 0 Å². The predicted molar refractivity (Wildman–Crippen MR) is 119 cm³/mol. The molecule has 1 spiro atoms. The second-order valence-corrected chi connectivity index (χ2v) is 9.32. The molecule has 0 saturated carbocycles. The van der Waals surface area contributed by atoms with E-state index >= 15 is 0 Å². The van der Waals surface area contributed by atoms with Crippen molar-refractivity contribution in [3.63, 3.8) is 0 Å². The van der Waals surface area contributed by atoms with Crippen LogP contribution in [0.1, 0.15) is 18.1 Å². The zero-order chi connectivity index (χ0) is 23.5. The van der Waals surface area contributed by atoms with Gasteiger partial charge in [0, 0.05) is 12.2 Å². The SMILES string of the molecule is Cc1ccc(C)c(N2CC=C[C@]34O[C@H]5C=CCOC(=O)[C@H]5[C@H]3C(=O)N([C@H](C)CO)C4C2=O)c1. The van der Waals surface area contributed by atoms with Crippen LogP contribution in [0.3, 0.4) is 0 Å². The first-order valence-electron chi connectivity index (χ1n) is 11.3. The maximum atomic E-state index is 14.2. The highest BCUT2D eigenvalue weighted by Gasteiger charge is 2.72. The monoisotopic (exact) mass is 452 g/mol. The fourth-order valence-corrected chi connectivity index (χ4v) is 5.70. The number of ether oxygens (including phenoxy) is 2.